The number of fused-ring (bicyclic) bond motifs is 1. The molecule has 1 fully saturated rings. The second kappa shape index (κ2) is 6.10. The van der Waals surface area contributed by atoms with Gasteiger partial charge in [0.05, 0.1) is 16.8 Å². The number of carbonyl (C=O) groups excluding carboxylic acids is 1. The molecular weight excluding hydrogens is 282 g/mol. The first-order valence-corrected chi connectivity index (χ1v) is 8.47. The fraction of sp³-hybridized carbons (Fsp3) is 0.500. The molecule has 0 bridgehead atoms. The highest BCUT2D eigenvalue weighted by molar-refractivity contribution is 7.99. The summed E-state index contributed by atoms with van der Waals surface area (Å²) >= 11 is 1.50. The largest absolute Gasteiger partial charge is 0.342 e. The van der Waals surface area contributed by atoms with Crippen molar-refractivity contribution in [3.8, 4) is 0 Å². The van der Waals surface area contributed by atoms with Gasteiger partial charge >= 0.3 is 0 Å². The van der Waals surface area contributed by atoms with Crippen LogP contribution in [-0.2, 0) is 4.79 Å². The van der Waals surface area contributed by atoms with Crippen molar-refractivity contribution >= 4 is 28.7 Å². The van der Waals surface area contributed by atoms with Gasteiger partial charge in [0.1, 0.15) is 0 Å². The van der Waals surface area contributed by atoms with Gasteiger partial charge in [-0.15, -0.1) is 0 Å². The summed E-state index contributed by atoms with van der Waals surface area (Å²) in [6, 6.07) is 6.15. The number of aromatic nitrogens is 2. The number of carbonyl (C=O) groups is 1. The molecule has 112 valence electrons. The lowest BCUT2D eigenvalue weighted by Gasteiger charge is -2.30. The first kappa shape index (κ1) is 14.4. The van der Waals surface area contributed by atoms with E-state index in [1.54, 1.807) is 0 Å². The van der Waals surface area contributed by atoms with E-state index in [0.29, 0.717) is 11.7 Å². The lowest BCUT2D eigenvalue weighted by atomic mass is 10.0. The monoisotopic (exact) mass is 303 g/mol. The minimum absolute atomic E-state index is 0.225. The van der Waals surface area contributed by atoms with Crippen LogP contribution in [0, 0.1) is 12.8 Å². The SMILES string of the molecule is Cc1ccc2nc(SCC(=O)N3CCCC(C)C3)[nH]c2c1. The Hall–Kier alpha value is -1.49. The van der Waals surface area contributed by atoms with E-state index in [4.69, 9.17) is 0 Å². The molecular formula is C16H21N3OS. The van der Waals surface area contributed by atoms with Crippen molar-refractivity contribution in [2.45, 2.75) is 31.8 Å². The van der Waals surface area contributed by atoms with E-state index in [1.165, 1.54) is 23.7 Å². The molecule has 1 aliphatic rings. The number of hydrogen-bond donors (Lipinski definition) is 1. The Labute approximate surface area is 129 Å². The molecule has 4 nitrogen and oxygen atoms in total. The molecule has 0 spiro atoms. The molecule has 21 heavy (non-hydrogen) atoms. The van der Waals surface area contributed by atoms with E-state index in [2.05, 4.69) is 35.9 Å². The molecule has 1 unspecified atom stereocenters. The number of imidazole rings is 1. The zero-order chi connectivity index (χ0) is 14.8. The highest BCUT2D eigenvalue weighted by atomic mass is 32.2. The number of hydrogen-bond acceptors (Lipinski definition) is 3. The Morgan fingerprint density at radius 1 is 1.52 bits per heavy atom. The Morgan fingerprint density at radius 3 is 3.19 bits per heavy atom. The molecule has 1 N–H and O–H groups in total. The van der Waals surface area contributed by atoms with E-state index in [0.717, 1.165) is 35.7 Å². The maximum atomic E-state index is 12.2. The number of amides is 1. The number of piperidine rings is 1. The molecule has 1 atom stereocenters. The smallest absolute Gasteiger partial charge is 0.233 e. The standard InChI is InChI=1S/C16H21N3OS/c1-11-5-6-13-14(8-11)18-16(17-13)21-10-15(20)19-7-3-4-12(2)9-19/h5-6,8,12H,3-4,7,9-10H2,1-2H3,(H,17,18). The average Bonchev–Trinajstić information content (AvgIpc) is 2.86. The molecule has 3 rings (SSSR count). The summed E-state index contributed by atoms with van der Waals surface area (Å²) in [4.78, 5) is 22.1. The molecule has 5 heteroatoms. The van der Waals surface area contributed by atoms with Crippen LogP contribution in [0.2, 0.25) is 0 Å². The van der Waals surface area contributed by atoms with Crippen LogP contribution in [0.4, 0.5) is 0 Å². The first-order valence-electron chi connectivity index (χ1n) is 7.49. The number of aromatic amines is 1. The van der Waals surface area contributed by atoms with Crippen molar-refractivity contribution in [3.63, 3.8) is 0 Å². The normalized spacial score (nSPS) is 19.1. The fourth-order valence-corrected chi connectivity index (χ4v) is 3.59. The maximum absolute atomic E-state index is 12.2. The summed E-state index contributed by atoms with van der Waals surface area (Å²) in [5, 5.41) is 0.828. The predicted molar refractivity (Wildman–Crippen MR) is 86.5 cm³/mol. The molecule has 0 aliphatic carbocycles. The van der Waals surface area contributed by atoms with Gasteiger partial charge in [0.2, 0.25) is 5.91 Å². The van der Waals surface area contributed by atoms with Gasteiger partial charge < -0.3 is 9.88 Å². The van der Waals surface area contributed by atoms with Crippen LogP contribution in [0.5, 0.6) is 0 Å². The van der Waals surface area contributed by atoms with E-state index < -0.39 is 0 Å². The summed E-state index contributed by atoms with van der Waals surface area (Å²) in [5.41, 5.74) is 3.21. The molecule has 1 aromatic heterocycles. The second-order valence-corrected chi connectivity index (χ2v) is 6.90. The van der Waals surface area contributed by atoms with Gasteiger partial charge in [-0.1, -0.05) is 24.8 Å². The molecule has 2 aromatic rings. The first-order chi connectivity index (χ1) is 10.1. The lowest BCUT2D eigenvalue weighted by molar-refractivity contribution is -0.130. The molecule has 0 saturated carbocycles. The quantitative estimate of drug-likeness (QED) is 0.886. The zero-order valence-electron chi connectivity index (χ0n) is 12.6. The minimum Gasteiger partial charge on any atom is -0.342 e. The van der Waals surface area contributed by atoms with Crippen molar-refractivity contribution < 1.29 is 4.79 Å². The lowest BCUT2D eigenvalue weighted by Crippen LogP contribution is -2.40. The fourth-order valence-electron chi connectivity index (χ4n) is 2.81. The van der Waals surface area contributed by atoms with Crippen molar-refractivity contribution in [1.29, 1.82) is 0 Å². The third kappa shape index (κ3) is 3.40. The molecule has 1 aliphatic heterocycles. The highest BCUT2D eigenvalue weighted by Gasteiger charge is 2.21. The molecule has 1 saturated heterocycles. The van der Waals surface area contributed by atoms with Gasteiger partial charge in [-0.2, -0.15) is 0 Å². The van der Waals surface area contributed by atoms with Crippen LogP contribution >= 0.6 is 11.8 Å². The number of nitrogens with one attached hydrogen (secondary N) is 1. The van der Waals surface area contributed by atoms with Gasteiger partial charge in [0.25, 0.3) is 0 Å². The number of rotatable bonds is 3. The number of nitrogens with zero attached hydrogens (tertiary/aromatic N) is 2. The summed E-state index contributed by atoms with van der Waals surface area (Å²) in [6.07, 6.45) is 2.36. The van der Waals surface area contributed by atoms with Gasteiger partial charge in [-0.3, -0.25) is 4.79 Å². The van der Waals surface area contributed by atoms with Crippen molar-refractivity contribution in [1.82, 2.24) is 14.9 Å². The number of H-pyrrole nitrogens is 1. The van der Waals surface area contributed by atoms with Crippen molar-refractivity contribution in [2.24, 2.45) is 5.92 Å². The van der Waals surface area contributed by atoms with Gasteiger partial charge in [-0.25, -0.2) is 4.98 Å². The minimum atomic E-state index is 0.225. The van der Waals surface area contributed by atoms with Gasteiger partial charge in [0, 0.05) is 13.1 Å². The van der Waals surface area contributed by atoms with Crippen LogP contribution in [0.1, 0.15) is 25.3 Å². The van der Waals surface area contributed by atoms with Crippen molar-refractivity contribution in [3.05, 3.63) is 23.8 Å². The number of aryl methyl sites for hydroxylation is 1. The molecule has 0 radical (unpaired) electrons. The predicted octanol–water partition coefficient (Wildman–Crippen LogP) is 3.22. The summed E-state index contributed by atoms with van der Waals surface area (Å²) in [5.74, 6) is 1.32. The third-order valence-corrected chi connectivity index (χ3v) is 4.82. The van der Waals surface area contributed by atoms with E-state index in [1.807, 2.05) is 11.0 Å². The van der Waals surface area contributed by atoms with Crippen LogP contribution in [0.3, 0.4) is 0 Å². The summed E-state index contributed by atoms with van der Waals surface area (Å²) in [6.45, 7) is 6.09. The van der Waals surface area contributed by atoms with Crippen LogP contribution < -0.4 is 0 Å². The third-order valence-electron chi connectivity index (χ3n) is 3.96. The Kier molecular flexibility index (Phi) is 4.19. The van der Waals surface area contributed by atoms with E-state index >= 15 is 0 Å². The molecule has 1 amide bonds. The summed E-state index contributed by atoms with van der Waals surface area (Å²) in [7, 11) is 0. The Morgan fingerprint density at radius 2 is 2.38 bits per heavy atom. The molecule has 2 heterocycles. The van der Waals surface area contributed by atoms with Gasteiger partial charge in [-0.05, 0) is 43.4 Å². The Balaban J connectivity index is 1.61. The van der Waals surface area contributed by atoms with Crippen molar-refractivity contribution in [2.75, 3.05) is 18.8 Å². The van der Waals surface area contributed by atoms with Gasteiger partial charge in [0.15, 0.2) is 5.16 Å². The second-order valence-electron chi connectivity index (χ2n) is 5.94. The van der Waals surface area contributed by atoms with Crippen LogP contribution in [0.25, 0.3) is 11.0 Å². The maximum Gasteiger partial charge on any atom is 0.233 e. The average molecular weight is 303 g/mol. The Bertz CT molecular complexity index is 652. The van der Waals surface area contributed by atoms with Crippen LogP contribution in [-0.4, -0.2) is 39.6 Å². The van der Waals surface area contributed by atoms with E-state index in [9.17, 15) is 4.79 Å². The van der Waals surface area contributed by atoms with Crippen LogP contribution in [0.15, 0.2) is 23.4 Å². The topological polar surface area (TPSA) is 49.0 Å². The summed E-state index contributed by atoms with van der Waals surface area (Å²) < 4.78 is 0. The zero-order valence-corrected chi connectivity index (χ0v) is 13.4. The van der Waals surface area contributed by atoms with E-state index in [-0.39, 0.29) is 5.91 Å². The highest BCUT2D eigenvalue weighted by Crippen LogP contribution is 2.22. The number of benzene rings is 1. The number of thioether (sulfide) groups is 1. The number of likely N-dealkylation sites (tertiary alicyclic amines) is 1. The molecule has 1 aromatic carbocycles.